The lowest BCUT2D eigenvalue weighted by Crippen LogP contribution is -2.28. The van der Waals surface area contributed by atoms with Crippen LogP contribution in [-0.4, -0.2) is 37.1 Å². The molecule has 0 fully saturated rings. The normalized spacial score (nSPS) is 10.7. The first-order valence-corrected chi connectivity index (χ1v) is 10.1. The smallest absolute Gasteiger partial charge is 0.340 e. The van der Waals surface area contributed by atoms with Gasteiger partial charge in [-0.2, -0.15) is 0 Å². The summed E-state index contributed by atoms with van der Waals surface area (Å²) in [6.45, 7) is 7.23. The number of hydrogen-bond donors (Lipinski definition) is 0. The van der Waals surface area contributed by atoms with Gasteiger partial charge in [0.25, 0.3) is 0 Å². The molecule has 0 heterocycles. The number of likely N-dealkylation sites (N-methyl/N-ethyl adjacent to an activating group) is 1. The highest BCUT2D eigenvalue weighted by molar-refractivity contribution is 5.98. The van der Waals surface area contributed by atoms with Gasteiger partial charge in [-0.1, -0.05) is 62.4 Å². The van der Waals surface area contributed by atoms with E-state index in [4.69, 9.17) is 4.74 Å². The second kappa shape index (κ2) is 10.4. The molecule has 3 aromatic rings. The van der Waals surface area contributed by atoms with Gasteiger partial charge in [0.15, 0.2) is 0 Å². The average Bonchev–Trinajstić information content (AvgIpc) is 2.79. The van der Waals surface area contributed by atoms with Crippen molar-refractivity contribution in [3.05, 3.63) is 90.5 Å². The number of para-hydroxylation sites is 3. The van der Waals surface area contributed by atoms with Gasteiger partial charge in [0.1, 0.15) is 6.61 Å². The Hall–Kier alpha value is -3.11. The van der Waals surface area contributed by atoms with E-state index in [0.29, 0.717) is 12.2 Å². The molecule has 0 aliphatic heterocycles. The van der Waals surface area contributed by atoms with Crippen LogP contribution in [0.3, 0.4) is 0 Å². The Bertz CT molecular complexity index is 853. The zero-order valence-corrected chi connectivity index (χ0v) is 17.1. The zero-order chi connectivity index (χ0) is 20.5. The summed E-state index contributed by atoms with van der Waals surface area (Å²) >= 11 is 0. The minimum Gasteiger partial charge on any atom is -0.461 e. The van der Waals surface area contributed by atoms with Gasteiger partial charge in [0, 0.05) is 17.9 Å². The summed E-state index contributed by atoms with van der Waals surface area (Å²) in [6, 6.07) is 27.7. The lowest BCUT2D eigenvalue weighted by molar-refractivity contribution is 0.0467. The van der Waals surface area contributed by atoms with E-state index in [0.717, 1.165) is 36.7 Å². The summed E-state index contributed by atoms with van der Waals surface area (Å²) in [5, 5.41) is 0. The topological polar surface area (TPSA) is 32.8 Å². The third-order valence-corrected chi connectivity index (χ3v) is 4.93. The van der Waals surface area contributed by atoms with E-state index in [-0.39, 0.29) is 5.97 Å². The van der Waals surface area contributed by atoms with Gasteiger partial charge < -0.3 is 14.5 Å². The number of nitrogens with zero attached hydrogens (tertiary/aromatic N) is 2. The van der Waals surface area contributed by atoms with E-state index in [1.165, 1.54) is 0 Å². The first kappa shape index (κ1) is 20.6. The molecule has 150 valence electrons. The number of hydrogen-bond acceptors (Lipinski definition) is 4. The summed E-state index contributed by atoms with van der Waals surface area (Å²) in [6.07, 6.45) is 0. The molecule has 0 amide bonds. The van der Waals surface area contributed by atoms with E-state index in [1.807, 2.05) is 84.9 Å². The van der Waals surface area contributed by atoms with Crippen LogP contribution in [0.4, 0.5) is 17.1 Å². The van der Waals surface area contributed by atoms with Gasteiger partial charge in [0.2, 0.25) is 0 Å². The number of benzene rings is 3. The highest BCUT2D eigenvalue weighted by Crippen LogP contribution is 2.36. The van der Waals surface area contributed by atoms with Gasteiger partial charge in [0.05, 0.1) is 11.3 Å². The van der Waals surface area contributed by atoms with Gasteiger partial charge in [-0.25, -0.2) is 4.79 Å². The van der Waals surface area contributed by atoms with Gasteiger partial charge in [-0.15, -0.1) is 0 Å². The second-order valence-electron chi connectivity index (χ2n) is 6.69. The Labute approximate surface area is 173 Å². The Balaban J connectivity index is 1.91. The van der Waals surface area contributed by atoms with Crippen LogP contribution >= 0.6 is 0 Å². The molecule has 0 unspecified atom stereocenters. The van der Waals surface area contributed by atoms with Gasteiger partial charge in [-0.3, -0.25) is 0 Å². The highest BCUT2D eigenvalue weighted by Gasteiger charge is 2.20. The lowest BCUT2D eigenvalue weighted by Gasteiger charge is -2.27. The van der Waals surface area contributed by atoms with E-state index in [9.17, 15) is 4.79 Å². The summed E-state index contributed by atoms with van der Waals surface area (Å²) in [4.78, 5) is 17.2. The number of anilines is 3. The van der Waals surface area contributed by atoms with Crippen molar-refractivity contribution in [2.75, 3.05) is 31.1 Å². The molecule has 4 heteroatoms. The number of ether oxygens (including phenoxy) is 1. The molecule has 0 aliphatic carbocycles. The third-order valence-electron chi connectivity index (χ3n) is 4.93. The maximum absolute atomic E-state index is 12.9. The molecule has 0 spiro atoms. The first-order valence-electron chi connectivity index (χ1n) is 10.1. The molecule has 0 bridgehead atoms. The van der Waals surface area contributed by atoms with Crippen LogP contribution in [0.15, 0.2) is 84.9 Å². The van der Waals surface area contributed by atoms with Crippen LogP contribution in [0.1, 0.15) is 24.2 Å². The van der Waals surface area contributed by atoms with Crippen molar-refractivity contribution in [3.63, 3.8) is 0 Å². The summed E-state index contributed by atoms with van der Waals surface area (Å²) in [5.74, 6) is -0.301. The minimum atomic E-state index is -0.301. The summed E-state index contributed by atoms with van der Waals surface area (Å²) in [5.41, 5.74) is 3.33. The maximum Gasteiger partial charge on any atom is 0.340 e. The fourth-order valence-electron chi connectivity index (χ4n) is 3.31. The Kier molecular flexibility index (Phi) is 7.42. The molecule has 0 N–H and O–H groups in total. The largest absolute Gasteiger partial charge is 0.461 e. The molecule has 0 aromatic heterocycles. The Morgan fingerprint density at radius 1 is 0.759 bits per heavy atom. The molecule has 0 saturated heterocycles. The van der Waals surface area contributed by atoms with Crippen LogP contribution in [-0.2, 0) is 4.74 Å². The van der Waals surface area contributed by atoms with Crippen LogP contribution in [0.25, 0.3) is 0 Å². The van der Waals surface area contributed by atoms with E-state index >= 15 is 0 Å². The lowest BCUT2D eigenvalue weighted by atomic mass is 10.1. The second-order valence-corrected chi connectivity index (χ2v) is 6.69. The SMILES string of the molecule is CCN(CC)CCOC(=O)c1ccccc1N(c1ccccc1)c1ccccc1. The molecule has 0 radical (unpaired) electrons. The van der Waals surface area contributed by atoms with E-state index in [2.05, 4.69) is 23.6 Å². The molecule has 0 aliphatic rings. The third kappa shape index (κ3) is 5.24. The van der Waals surface area contributed by atoms with Gasteiger partial charge >= 0.3 is 5.97 Å². The number of carbonyl (C=O) groups excluding carboxylic acids is 1. The standard InChI is InChI=1S/C25H28N2O2/c1-3-26(4-2)19-20-29-25(28)23-17-11-12-18-24(23)27(21-13-7-5-8-14-21)22-15-9-6-10-16-22/h5-18H,3-4,19-20H2,1-2H3. The Morgan fingerprint density at radius 3 is 1.83 bits per heavy atom. The molecule has 0 atom stereocenters. The number of esters is 1. The van der Waals surface area contributed by atoms with Crippen molar-refractivity contribution >= 4 is 23.0 Å². The molecular weight excluding hydrogens is 360 g/mol. The molecule has 0 saturated carbocycles. The molecular formula is C25H28N2O2. The highest BCUT2D eigenvalue weighted by atomic mass is 16.5. The molecule has 3 aromatic carbocycles. The van der Waals surface area contributed by atoms with E-state index < -0.39 is 0 Å². The van der Waals surface area contributed by atoms with Crippen molar-refractivity contribution in [1.82, 2.24) is 4.90 Å². The molecule has 3 rings (SSSR count). The van der Waals surface area contributed by atoms with Gasteiger partial charge in [-0.05, 0) is 49.5 Å². The fraction of sp³-hybridized carbons (Fsp3) is 0.240. The number of carbonyl (C=O) groups is 1. The van der Waals surface area contributed by atoms with Crippen molar-refractivity contribution in [1.29, 1.82) is 0 Å². The van der Waals surface area contributed by atoms with Crippen LogP contribution < -0.4 is 4.90 Å². The predicted octanol–water partition coefficient (Wildman–Crippen LogP) is 5.66. The molecule has 29 heavy (non-hydrogen) atoms. The predicted molar refractivity (Wildman–Crippen MR) is 119 cm³/mol. The fourth-order valence-corrected chi connectivity index (χ4v) is 3.31. The van der Waals surface area contributed by atoms with E-state index in [1.54, 1.807) is 0 Å². The Morgan fingerprint density at radius 2 is 1.28 bits per heavy atom. The molecule has 4 nitrogen and oxygen atoms in total. The van der Waals surface area contributed by atoms with Crippen molar-refractivity contribution < 1.29 is 9.53 Å². The first-order chi connectivity index (χ1) is 14.2. The number of rotatable bonds is 9. The summed E-state index contributed by atoms with van der Waals surface area (Å²) < 4.78 is 5.62. The van der Waals surface area contributed by atoms with Crippen LogP contribution in [0.2, 0.25) is 0 Å². The minimum absolute atomic E-state index is 0.301. The van der Waals surface area contributed by atoms with Crippen molar-refractivity contribution in [2.45, 2.75) is 13.8 Å². The average molecular weight is 389 g/mol. The van der Waals surface area contributed by atoms with Crippen LogP contribution in [0, 0.1) is 0 Å². The zero-order valence-electron chi connectivity index (χ0n) is 17.1. The quantitative estimate of drug-likeness (QED) is 0.443. The van der Waals surface area contributed by atoms with Crippen molar-refractivity contribution in [2.24, 2.45) is 0 Å². The maximum atomic E-state index is 12.9. The summed E-state index contributed by atoms with van der Waals surface area (Å²) in [7, 11) is 0. The monoisotopic (exact) mass is 388 g/mol. The van der Waals surface area contributed by atoms with Crippen LogP contribution in [0.5, 0.6) is 0 Å². The van der Waals surface area contributed by atoms with Crippen molar-refractivity contribution in [3.8, 4) is 0 Å².